The van der Waals surface area contributed by atoms with Crippen molar-refractivity contribution in [2.75, 3.05) is 0 Å². The third-order valence-corrected chi connectivity index (χ3v) is 4.09. The van der Waals surface area contributed by atoms with Gasteiger partial charge in [-0.25, -0.2) is 4.79 Å². The largest absolute Gasteiger partial charge is 0.427 e. The molecule has 3 rings (SSSR count). The molecule has 1 N–H and O–H groups in total. The number of carbonyl (C=O) groups is 1. The molecule has 0 bridgehead atoms. The molecular formula is C20H20N2O4. The van der Waals surface area contributed by atoms with Crippen molar-refractivity contribution in [3.63, 3.8) is 0 Å². The fourth-order valence-electron chi connectivity index (χ4n) is 2.77. The lowest BCUT2D eigenvalue weighted by Gasteiger charge is -2.07. The van der Waals surface area contributed by atoms with Crippen molar-refractivity contribution in [2.24, 2.45) is 0 Å². The van der Waals surface area contributed by atoms with Gasteiger partial charge in [0.05, 0.1) is 6.20 Å². The number of nitrogens with one attached hydrogen (secondary N) is 1. The SMILES string of the molecule is Cc1cc(CCCc2ccccc2)oc(=O)c1C(=O)NCc1cnoc1. The summed E-state index contributed by atoms with van der Waals surface area (Å²) in [5, 5.41) is 6.23. The minimum Gasteiger partial charge on any atom is -0.427 e. The summed E-state index contributed by atoms with van der Waals surface area (Å²) in [6.07, 6.45) is 5.36. The first-order valence-electron chi connectivity index (χ1n) is 8.47. The molecule has 1 amide bonds. The van der Waals surface area contributed by atoms with Crippen molar-refractivity contribution < 1.29 is 13.7 Å². The van der Waals surface area contributed by atoms with Gasteiger partial charge in [0.25, 0.3) is 5.91 Å². The number of nitrogens with zero attached hydrogens (tertiary/aromatic N) is 1. The van der Waals surface area contributed by atoms with Gasteiger partial charge in [0.15, 0.2) is 0 Å². The van der Waals surface area contributed by atoms with Crippen molar-refractivity contribution in [3.05, 3.63) is 87.3 Å². The van der Waals surface area contributed by atoms with Crippen LogP contribution in [0, 0.1) is 6.92 Å². The molecule has 0 aliphatic rings. The smallest absolute Gasteiger partial charge is 0.349 e. The third kappa shape index (κ3) is 4.47. The molecule has 1 aromatic carbocycles. The number of benzene rings is 1. The van der Waals surface area contributed by atoms with Crippen molar-refractivity contribution in [3.8, 4) is 0 Å². The Morgan fingerprint density at radius 1 is 1.15 bits per heavy atom. The summed E-state index contributed by atoms with van der Waals surface area (Å²) in [5.41, 5.74) is 2.00. The van der Waals surface area contributed by atoms with Crippen LogP contribution < -0.4 is 10.9 Å². The predicted octanol–water partition coefficient (Wildman–Crippen LogP) is 3.04. The second-order valence-electron chi connectivity index (χ2n) is 6.11. The number of hydrogen-bond acceptors (Lipinski definition) is 5. The van der Waals surface area contributed by atoms with E-state index in [-0.39, 0.29) is 12.1 Å². The minimum atomic E-state index is -0.609. The van der Waals surface area contributed by atoms with Crippen LogP contribution in [0.25, 0.3) is 0 Å². The molecule has 134 valence electrons. The quantitative estimate of drug-likeness (QED) is 0.706. The standard InChI is InChI=1S/C20H20N2O4/c1-14-10-17(9-5-8-15-6-3-2-4-7-15)26-20(24)18(14)19(23)21-11-16-12-22-25-13-16/h2-4,6-7,10,12-13H,5,8-9,11H2,1H3,(H,21,23). The Bertz CT molecular complexity index is 915. The van der Waals surface area contributed by atoms with Gasteiger partial charge in [-0.1, -0.05) is 35.5 Å². The molecule has 0 unspecified atom stereocenters. The van der Waals surface area contributed by atoms with E-state index in [9.17, 15) is 9.59 Å². The van der Waals surface area contributed by atoms with Crippen LogP contribution in [-0.4, -0.2) is 11.1 Å². The normalized spacial score (nSPS) is 10.7. The van der Waals surface area contributed by atoms with E-state index in [1.54, 1.807) is 13.0 Å². The van der Waals surface area contributed by atoms with E-state index in [0.717, 1.165) is 18.4 Å². The van der Waals surface area contributed by atoms with Gasteiger partial charge in [-0.15, -0.1) is 0 Å². The van der Waals surface area contributed by atoms with Crippen molar-refractivity contribution in [1.82, 2.24) is 10.5 Å². The zero-order chi connectivity index (χ0) is 18.4. The lowest BCUT2D eigenvalue weighted by molar-refractivity contribution is 0.0945. The predicted molar refractivity (Wildman–Crippen MR) is 95.9 cm³/mol. The first-order chi connectivity index (χ1) is 12.6. The van der Waals surface area contributed by atoms with E-state index < -0.39 is 11.5 Å². The highest BCUT2D eigenvalue weighted by Crippen LogP contribution is 2.11. The highest BCUT2D eigenvalue weighted by molar-refractivity contribution is 5.95. The maximum atomic E-state index is 12.3. The lowest BCUT2D eigenvalue weighted by atomic mass is 10.1. The summed E-state index contributed by atoms with van der Waals surface area (Å²) in [7, 11) is 0. The number of rotatable bonds is 7. The average molecular weight is 352 g/mol. The Hall–Kier alpha value is -3.15. The zero-order valence-electron chi connectivity index (χ0n) is 14.5. The maximum Gasteiger partial charge on any atom is 0.349 e. The van der Waals surface area contributed by atoms with Gasteiger partial charge < -0.3 is 14.3 Å². The monoisotopic (exact) mass is 352 g/mol. The van der Waals surface area contributed by atoms with E-state index >= 15 is 0 Å². The van der Waals surface area contributed by atoms with Crippen LogP contribution in [0.5, 0.6) is 0 Å². The Balaban J connectivity index is 1.62. The van der Waals surface area contributed by atoms with Gasteiger partial charge in [0, 0.05) is 18.5 Å². The van der Waals surface area contributed by atoms with Crippen LogP contribution >= 0.6 is 0 Å². The number of aromatic nitrogens is 1. The van der Waals surface area contributed by atoms with Gasteiger partial charge in [-0.05, 0) is 37.0 Å². The van der Waals surface area contributed by atoms with Crippen LogP contribution in [-0.2, 0) is 19.4 Å². The van der Waals surface area contributed by atoms with Crippen molar-refractivity contribution in [2.45, 2.75) is 32.7 Å². The molecular weight excluding hydrogens is 332 g/mol. The first-order valence-corrected chi connectivity index (χ1v) is 8.47. The molecule has 0 saturated carbocycles. The Labute approximate surface area is 150 Å². The van der Waals surface area contributed by atoms with E-state index in [1.165, 1.54) is 18.0 Å². The second-order valence-corrected chi connectivity index (χ2v) is 6.11. The molecule has 2 aromatic heterocycles. The van der Waals surface area contributed by atoms with Gasteiger partial charge in [-0.2, -0.15) is 0 Å². The molecule has 6 nitrogen and oxygen atoms in total. The number of amides is 1. The maximum absolute atomic E-state index is 12.3. The number of hydrogen-bond donors (Lipinski definition) is 1. The van der Waals surface area contributed by atoms with Gasteiger partial charge in [-0.3, -0.25) is 4.79 Å². The lowest BCUT2D eigenvalue weighted by Crippen LogP contribution is -2.29. The van der Waals surface area contributed by atoms with E-state index in [1.807, 2.05) is 18.2 Å². The van der Waals surface area contributed by atoms with E-state index in [0.29, 0.717) is 17.7 Å². The first kappa shape index (κ1) is 17.7. The summed E-state index contributed by atoms with van der Waals surface area (Å²) in [6.45, 7) is 1.98. The fourth-order valence-corrected chi connectivity index (χ4v) is 2.77. The average Bonchev–Trinajstić information content (AvgIpc) is 3.14. The summed E-state index contributed by atoms with van der Waals surface area (Å²) < 4.78 is 10.0. The van der Waals surface area contributed by atoms with Gasteiger partial charge >= 0.3 is 5.63 Å². The third-order valence-electron chi connectivity index (χ3n) is 4.09. The molecule has 0 spiro atoms. The summed E-state index contributed by atoms with van der Waals surface area (Å²) in [4.78, 5) is 24.5. The van der Waals surface area contributed by atoms with Crippen LogP contribution in [0.4, 0.5) is 0 Å². The molecule has 0 aliphatic carbocycles. The Morgan fingerprint density at radius 3 is 2.65 bits per heavy atom. The summed E-state index contributed by atoms with van der Waals surface area (Å²) >= 11 is 0. The minimum absolute atomic E-state index is 0.0354. The van der Waals surface area contributed by atoms with Crippen molar-refractivity contribution >= 4 is 5.91 Å². The van der Waals surface area contributed by atoms with Gasteiger partial charge in [0.1, 0.15) is 17.6 Å². The topological polar surface area (TPSA) is 85.3 Å². The van der Waals surface area contributed by atoms with Crippen LogP contribution in [0.15, 0.2) is 62.6 Å². The van der Waals surface area contributed by atoms with Crippen LogP contribution in [0.1, 0.15) is 39.2 Å². The Morgan fingerprint density at radius 2 is 1.96 bits per heavy atom. The molecule has 0 aliphatic heterocycles. The number of aryl methyl sites for hydroxylation is 3. The highest BCUT2D eigenvalue weighted by Gasteiger charge is 2.16. The molecule has 3 aromatic rings. The second kappa shape index (κ2) is 8.29. The molecule has 6 heteroatoms. The van der Waals surface area contributed by atoms with Crippen LogP contribution in [0.3, 0.4) is 0 Å². The van der Waals surface area contributed by atoms with E-state index in [2.05, 4.69) is 22.6 Å². The van der Waals surface area contributed by atoms with Crippen LogP contribution in [0.2, 0.25) is 0 Å². The molecule has 0 fully saturated rings. The zero-order valence-corrected chi connectivity index (χ0v) is 14.5. The molecule has 2 heterocycles. The van der Waals surface area contributed by atoms with Gasteiger partial charge in [0.2, 0.25) is 0 Å². The molecule has 26 heavy (non-hydrogen) atoms. The highest BCUT2D eigenvalue weighted by atomic mass is 16.5. The van der Waals surface area contributed by atoms with E-state index in [4.69, 9.17) is 8.94 Å². The molecule has 0 radical (unpaired) electrons. The number of carbonyl (C=O) groups excluding carboxylic acids is 1. The summed E-state index contributed by atoms with van der Waals surface area (Å²) in [5.74, 6) is 0.132. The molecule has 0 atom stereocenters. The van der Waals surface area contributed by atoms with Crippen molar-refractivity contribution in [1.29, 1.82) is 0 Å². The Kier molecular flexibility index (Phi) is 5.63. The summed E-state index contributed by atoms with van der Waals surface area (Å²) in [6, 6.07) is 11.9. The fraction of sp³-hybridized carbons (Fsp3) is 0.250. The molecule has 0 saturated heterocycles.